The lowest BCUT2D eigenvalue weighted by Crippen LogP contribution is -2.45. The van der Waals surface area contributed by atoms with E-state index in [0.717, 1.165) is 16.9 Å². The number of nitrogens with zero attached hydrogens (tertiary/aromatic N) is 1. The fraction of sp³-hybridized carbons (Fsp3) is 0.471. The molecule has 1 aromatic carbocycles. The Bertz CT molecular complexity index is 602. The number of amides is 4. The van der Waals surface area contributed by atoms with Gasteiger partial charge in [0.2, 0.25) is 5.91 Å². The highest BCUT2D eigenvalue weighted by molar-refractivity contribution is 6.09. The Hall–Kier alpha value is -2.37. The summed E-state index contributed by atoms with van der Waals surface area (Å²) >= 11 is 0. The number of hydrogen-bond acceptors (Lipinski definition) is 3. The van der Waals surface area contributed by atoms with E-state index in [2.05, 4.69) is 10.6 Å². The molecule has 0 aromatic heterocycles. The first-order valence-corrected chi connectivity index (χ1v) is 7.93. The van der Waals surface area contributed by atoms with Crippen molar-refractivity contribution in [2.24, 2.45) is 0 Å². The number of hydrogen-bond donors (Lipinski definition) is 2. The lowest BCUT2D eigenvalue weighted by atomic mass is 9.87. The van der Waals surface area contributed by atoms with Crippen molar-refractivity contribution in [1.29, 1.82) is 0 Å². The molecule has 1 aliphatic heterocycles. The molecule has 1 saturated heterocycles. The van der Waals surface area contributed by atoms with Gasteiger partial charge in [-0.3, -0.25) is 14.5 Å². The normalized spacial score (nSPS) is 22.0. The van der Waals surface area contributed by atoms with Crippen LogP contribution in [-0.2, 0) is 15.1 Å². The first kappa shape index (κ1) is 17.0. The molecule has 0 aliphatic carbocycles. The molecule has 0 spiro atoms. The zero-order valence-electron chi connectivity index (χ0n) is 13.8. The zero-order chi connectivity index (χ0) is 17.0. The number of carbonyl (C=O) groups excluding carboxylic acids is 3. The van der Waals surface area contributed by atoms with E-state index in [-0.39, 0.29) is 24.4 Å². The Morgan fingerprint density at radius 3 is 2.48 bits per heavy atom. The molecule has 4 amide bonds. The summed E-state index contributed by atoms with van der Waals surface area (Å²) in [5, 5.41) is 5.53. The summed E-state index contributed by atoms with van der Waals surface area (Å²) in [4.78, 5) is 38.1. The van der Waals surface area contributed by atoms with Crippen molar-refractivity contribution in [3.63, 3.8) is 0 Å². The Labute approximate surface area is 136 Å². The molecule has 124 valence electrons. The summed E-state index contributed by atoms with van der Waals surface area (Å²) in [5.74, 6) is -0.710. The molecular weight excluding hydrogens is 294 g/mol. The first-order valence-electron chi connectivity index (χ1n) is 7.93. The predicted molar refractivity (Wildman–Crippen MR) is 86.6 cm³/mol. The van der Waals surface area contributed by atoms with E-state index in [1.54, 1.807) is 0 Å². The summed E-state index contributed by atoms with van der Waals surface area (Å²) in [6.07, 6.45) is 1.21. The van der Waals surface area contributed by atoms with Gasteiger partial charge in [0, 0.05) is 6.04 Å². The van der Waals surface area contributed by atoms with Crippen LogP contribution in [0, 0.1) is 0 Å². The fourth-order valence-electron chi connectivity index (χ4n) is 2.70. The third-order valence-electron chi connectivity index (χ3n) is 4.29. The molecule has 0 radical (unpaired) electrons. The van der Waals surface area contributed by atoms with E-state index in [9.17, 15) is 14.4 Å². The van der Waals surface area contributed by atoms with Gasteiger partial charge in [0.25, 0.3) is 5.91 Å². The highest BCUT2D eigenvalue weighted by Crippen LogP contribution is 2.32. The number of benzene rings is 1. The van der Waals surface area contributed by atoms with Crippen LogP contribution >= 0.6 is 0 Å². The molecule has 0 bridgehead atoms. The van der Waals surface area contributed by atoms with Crippen LogP contribution in [0.4, 0.5) is 4.79 Å². The molecule has 2 atom stereocenters. The summed E-state index contributed by atoms with van der Waals surface area (Å²) in [5.41, 5.74) is -0.361. The van der Waals surface area contributed by atoms with Gasteiger partial charge >= 0.3 is 6.03 Å². The van der Waals surface area contributed by atoms with E-state index in [1.807, 2.05) is 51.1 Å². The van der Waals surface area contributed by atoms with Crippen LogP contribution in [0.2, 0.25) is 0 Å². The van der Waals surface area contributed by atoms with Gasteiger partial charge in [0.1, 0.15) is 12.1 Å². The van der Waals surface area contributed by atoms with Gasteiger partial charge in [-0.1, -0.05) is 44.2 Å². The van der Waals surface area contributed by atoms with Gasteiger partial charge in [-0.15, -0.1) is 0 Å². The highest BCUT2D eigenvalue weighted by atomic mass is 16.2. The van der Waals surface area contributed by atoms with Crippen molar-refractivity contribution < 1.29 is 14.4 Å². The van der Waals surface area contributed by atoms with Crippen LogP contribution in [0.5, 0.6) is 0 Å². The maximum Gasteiger partial charge on any atom is 0.325 e. The third kappa shape index (κ3) is 3.21. The molecule has 6 nitrogen and oxygen atoms in total. The maximum absolute atomic E-state index is 12.8. The highest BCUT2D eigenvalue weighted by Gasteiger charge is 2.51. The lowest BCUT2D eigenvalue weighted by Gasteiger charge is -2.25. The van der Waals surface area contributed by atoms with E-state index >= 15 is 0 Å². The van der Waals surface area contributed by atoms with Crippen LogP contribution in [-0.4, -0.2) is 35.3 Å². The van der Waals surface area contributed by atoms with Crippen LogP contribution < -0.4 is 10.6 Å². The number of carbonyl (C=O) groups is 3. The van der Waals surface area contributed by atoms with E-state index in [1.165, 1.54) is 0 Å². The third-order valence-corrected chi connectivity index (χ3v) is 4.29. The van der Waals surface area contributed by atoms with Gasteiger partial charge in [-0.25, -0.2) is 4.79 Å². The van der Waals surface area contributed by atoms with Crippen LogP contribution in [0.1, 0.15) is 39.2 Å². The molecule has 6 heteroatoms. The largest absolute Gasteiger partial charge is 0.352 e. The Morgan fingerprint density at radius 1 is 1.26 bits per heavy atom. The second kappa shape index (κ2) is 6.81. The second-order valence-electron chi connectivity index (χ2n) is 5.82. The molecule has 0 unspecified atom stereocenters. The van der Waals surface area contributed by atoms with Crippen molar-refractivity contribution in [2.45, 2.75) is 45.2 Å². The van der Waals surface area contributed by atoms with E-state index in [4.69, 9.17) is 0 Å². The molecule has 1 aromatic rings. The molecule has 1 fully saturated rings. The quantitative estimate of drug-likeness (QED) is 0.785. The monoisotopic (exact) mass is 317 g/mol. The van der Waals surface area contributed by atoms with Crippen molar-refractivity contribution in [3.05, 3.63) is 35.9 Å². The number of imide groups is 1. The average molecular weight is 317 g/mol. The van der Waals surface area contributed by atoms with Crippen molar-refractivity contribution in [1.82, 2.24) is 15.5 Å². The molecule has 1 aliphatic rings. The molecule has 23 heavy (non-hydrogen) atoms. The Kier molecular flexibility index (Phi) is 5.03. The SMILES string of the molecule is CC[C@@H](C)NC(=O)CN1C(=O)N[C@](CC)(c2ccccc2)C1=O. The van der Waals surface area contributed by atoms with E-state index in [0.29, 0.717) is 6.42 Å². The molecule has 1 heterocycles. The molecule has 0 saturated carbocycles. The molecule has 2 N–H and O–H groups in total. The van der Waals surface area contributed by atoms with Gasteiger partial charge in [0.05, 0.1) is 0 Å². The first-order chi connectivity index (χ1) is 10.9. The maximum atomic E-state index is 12.8. The minimum atomic E-state index is -1.09. The van der Waals surface area contributed by atoms with Crippen molar-refractivity contribution in [3.8, 4) is 0 Å². The minimum absolute atomic E-state index is 0.00771. The number of nitrogens with one attached hydrogen (secondary N) is 2. The topological polar surface area (TPSA) is 78.5 Å². The fourth-order valence-corrected chi connectivity index (χ4v) is 2.70. The predicted octanol–water partition coefficient (Wildman–Crippen LogP) is 1.76. The van der Waals surface area contributed by atoms with Crippen LogP contribution in [0.15, 0.2) is 30.3 Å². The minimum Gasteiger partial charge on any atom is -0.352 e. The Morgan fingerprint density at radius 2 is 1.91 bits per heavy atom. The molecular formula is C17H23N3O3. The number of urea groups is 1. The zero-order valence-corrected chi connectivity index (χ0v) is 13.8. The summed E-state index contributed by atoms with van der Waals surface area (Å²) in [6, 6.07) is 8.60. The van der Waals surface area contributed by atoms with Crippen molar-refractivity contribution in [2.75, 3.05) is 6.54 Å². The van der Waals surface area contributed by atoms with Crippen LogP contribution in [0.3, 0.4) is 0 Å². The van der Waals surface area contributed by atoms with Crippen LogP contribution in [0.25, 0.3) is 0 Å². The second-order valence-corrected chi connectivity index (χ2v) is 5.82. The van der Waals surface area contributed by atoms with Gasteiger partial charge in [0.15, 0.2) is 0 Å². The Balaban J connectivity index is 2.20. The lowest BCUT2D eigenvalue weighted by molar-refractivity contribution is -0.135. The van der Waals surface area contributed by atoms with E-state index < -0.39 is 11.6 Å². The van der Waals surface area contributed by atoms with Crippen molar-refractivity contribution >= 4 is 17.8 Å². The summed E-state index contributed by atoms with van der Waals surface area (Å²) in [6.45, 7) is 5.41. The summed E-state index contributed by atoms with van der Waals surface area (Å²) < 4.78 is 0. The average Bonchev–Trinajstić information content (AvgIpc) is 2.80. The standard InChI is InChI=1S/C17H23N3O3/c1-4-12(3)18-14(21)11-20-15(22)17(5-2,19-16(20)23)13-9-7-6-8-10-13/h6-10,12H,4-5,11H2,1-3H3,(H,18,21)(H,19,23)/t12-,17-/m1/s1. The molecule has 2 rings (SSSR count). The number of rotatable bonds is 6. The smallest absolute Gasteiger partial charge is 0.325 e. The van der Waals surface area contributed by atoms with Gasteiger partial charge in [-0.2, -0.15) is 0 Å². The summed E-state index contributed by atoms with van der Waals surface area (Å²) in [7, 11) is 0. The van der Waals surface area contributed by atoms with Gasteiger partial charge in [-0.05, 0) is 25.3 Å². The van der Waals surface area contributed by atoms with Gasteiger partial charge < -0.3 is 10.6 Å².